The maximum Gasteiger partial charge on any atom is 0.416 e. The van der Waals surface area contributed by atoms with Gasteiger partial charge in [0.05, 0.1) is 15.8 Å². The average Bonchev–Trinajstić information content (AvgIpc) is 2.77. The molecule has 2 nitrogen and oxygen atoms in total. The fraction of sp³-hybridized carbons (Fsp3) is 0.533. The molecule has 0 atom stereocenters. The number of hydrogen-bond donors (Lipinski definition) is 1. The van der Waals surface area contributed by atoms with Gasteiger partial charge in [-0.2, -0.15) is 13.2 Å². The number of aromatic nitrogens is 1. The van der Waals surface area contributed by atoms with Gasteiger partial charge in [0, 0.05) is 6.54 Å². The molecule has 0 aliphatic rings. The summed E-state index contributed by atoms with van der Waals surface area (Å²) >= 11 is 1.38. The molecule has 0 fully saturated rings. The van der Waals surface area contributed by atoms with E-state index in [-0.39, 0.29) is 5.41 Å². The monoisotopic (exact) mass is 316 g/mol. The van der Waals surface area contributed by atoms with E-state index in [1.54, 1.807) is 0 Å². The molecule has 1 N–H and O–H groups in total. The summed E-state index contributed by atoms with van der Waals surface area (Å²) in [6.45, 7) is 9.33. The molecule has 116 valence electrons. The van der Waals surface area contributed by atoms with Crippen molar-refractivity contribution in [1.82, 2.24) is 4.98 Å². The van der Waals surface area contributed by atoms with E-state index in [4.69, 9.17) is 0 Å². The molecule has 1 heterocycles. The third-order valence-electron chi connectivity index (χ3n) is 3.97. The smallest absolute Gasteiger partial charge is 0.361 e. The van der Waals surface area contributed by atoms with Crippen molar-refractivity contribution < 1.29 is 13.2 Å². The van der Waals surface area contributed by atoms with Gasteiger partial charge in [0.15, 0.2) is 5.13 Å². The van der Waals surface area contributed by atoms with Crippen LogP contribution >= 0.6 is 11.3 Å². The lowest BCUT2D eigenvalue weighted by Crippen LogP contribution is -2.28. The quantitative estimate of drug-likeness (QED) is 0.816. The van der Waals surface area contributed by atoms with Gasteiger partial charge in [0.1, 0.15) is 0 Å². The van der Waals surface area contributed by atoms with Gasteiger partial charge in [-0.15, -0.1) is 0 Å². The highest BCUT2D eigenvalue weighted by molar-refractivity contribution is 7.22. The second-order valence-corrected chi connectivity index (χ2v) is 7.23. The first-order chi connectivity index (χ1) is 9.59. The Labute approximate surface area is 126 Å². The molecule has 0 spiro atoms. The summed E-state index contributed by atoms with van der Waals surface area (Å²) in [4.78, 5) is 4.26. The first-order valence-electron chi connectivity index (χ1n) is 6.81. The summed E-state index contributed by atoms with van der Waals surface area (Å²) in [7, 11) is 0. The topological polar surface area (TPSA) is 24.9 Å². The summed E-state index contributed by atoms with van der Waals surface area (Å²) in [5.41, 5.74) is -0.177. The minimum atomic E-state index is -4.33. The Bertz CT molecular complexity index is 629. The standard InChI is InChI=1S/C15H19F3N2S/c1-9(2)14(3,4)8-19-13-20-11-7-10(15(16,17)18)5-6-12(11)21-13/h5-7,9H,8H2,1-4H3,(H,19,20). The van der Waals surface area contributed by atoms with Crippen LogP contribution in [0.1, 0.15) is 33.3 Å². The van der Waals surface area contributed by atoms with E-state index in [0.29, 0.717) is 16.6 Å². The van der Waals surface area contributed by atoms with Crippen molar-refractivity contribution in [2.24, 2.45) is 11.3 Å². The van der Waals surface area contributed by atoms with Gasteiger partial charge in [-0.25, -0.2) is 4.98 Å². The average molecular weight is 316 g/mol. The van der Waals surface area contributed by atoms with Crippen LogP contribution < -0.4 is 5.32 Å². The number of fused-ring (bicyclic) bond motifs is 1. The van der Waals surface area contributed by atoms with Crippen LogP contribution in [-0.2, 0) is 6.18 Å². The van der Waals surface area contributed by atoms with E-state index in [9.17, 15) is 13.2 Å². The summed E-state index contributed by atoms with van der Waals surface area (Å²) in [5, 5.41) is 3.90. The lowest BCUT2D eigenvalue weighted by atomic mass is 9.81. The normalized spacial score (nSPS) is 13.1. The van der Waals surface area contributed by atoms with Gasteiger partial charge >= 0.3 is 6.18 Å². The Morgan fingerprint density at radius 3 is 2.48 bits per heavy atom. The molecule has 0 unspecified atom stereocenters. The Hall–Kier alpha value is -1.30. The van der Waals surface area contributed by atoms with Crippen LogP contribution in [0.4, 0.5) is 18.3 Å². The largest absolute Gasteiger partial charge is 0.416 e. The number of halogens is 3. The van der Waals surface area contributed by atoms with E-state index in [0.717, 1.165) is 23.4 Å². The van der Waals surface area contributed by atoms with E-state index in [1.165, 1.54) is 17.4 Å². The zero-order valence-electron chi connectivity index (χ0n) is 12.5. The molecular weight excluding hydrogens is 297 g/mol. The molecular formula is C15H19F3N2S. The minimum absolute atomic E-state index is 0.0922. The van der Waals surface area contributed by atoms with E-state index >= 15 is 0 Å². The van der Waals surface area contributed by atoms with Crippen molar-refractivity contribution in [2.75, 3.05) is 11.9 Å². The van der Waals surface area contributed by atoms with Crippen molar-refractivity contribution >= 4 is 26.7 Å². The number of benzene rings is 1. The van der Waals surface area contributed by atoms with Gasteiger partial charge in [-0.1, -0.05) is 39.0 Å². The molecule has 1 aromatic carbocycles. The van der Waals surface area contributed by atoms with Gasteiger partial charge in [0.2, 0.25) is 0 Å². The molecule has 2 rings (SSSR count). The summed E-state index contributed by atoms with van der Waals surface area (Å²) in [5.74, 6) is 0.496. The molecule has 0 radical (unpaired) electrons. The first kappa shape index (κ1) is 16.1. The van der Waals surface area contributed by atoms with Gasteiger partial charge in [-0.3, -0.25) is 0 Å². The molecule has 0 bridgehead atoms. The summed E-state index contributed by atoms with van der Waals surface area (Å²) in [6, 6.07) is 3.68. The van der Waals surface area contributed by atoms with Crippen molar-refractivity contribution in [3.05, 3.63) is 23.8 Å². The summed E-state index contributed by atoms with van der Waals surface area (Å²) < 4.78 is 38.8. The van der Waals surface area contributed by atoms with E-state index in [2.05, 4.69) is 38.0 Å². The number of nitrogens with one attached hydrogen (secondary N) is 1. The van der Waals surface area contributed by atoms with Crippen molar-refractivity contribution in [3.63, 3.8) is 0 Å². The third kappa shape index (κ3) is 3.67. The molecule has 0 aliphatic carbocycles. The lowest BCUT2D eigenvalue weighted by Gasteiger charge is -2.29. The van der Waals surface area contributed by atoms with Gasteiger partial charge in [0.25, 0.3) is 0 Å². The van der Waals surface area contributed by atoms with Crippen LogP contribution in [0.15, 0.2) is 18.2 Å². The Morgan fingerprint density at radius 1 is 1.24 bits per heavy atom. The fourth-order valence-electron chi connectivity index (χ4n) is 1.69. The highest BCUT2D eigenvalue weighted by Crippen LogP contribution is 2.34. The number of rotatable bonds is 4. The predicted molar refractivity (Wildman–Crippen MR) is 81.7 cm³/mol. The van der Waals surface area contributed by atoms with Crippen LogP contribution in [0.25, 0.3) is 10.2 Å². The van der Waals surface area contributed by atoms with Crippen molar-refractivity contribution in [3.8, 4) is 0 Å². The molecule has 2 aromatic rings. The zero-order chi connectivity index (χ0) is 15.8. The van der Waals surface area contributed by atoms with E-state index < -0.39 is 11.7 Å². The molecule has 0 saturated heterocycles. The highest BCUT2D eigenvalue weighted by Gasteiger charge is 2.30. The van der Waals surface area contributed by atoms with Crippen LogP contribution in [0.5, 0.6) is 0 Å². The van der Waals surface area contributed by atoms with Crippen LogP contribution in [0.3, 0.4) is 0 Å². The van der Waals surface area contributed by atoms with Crippen molar-refractivity contribution in [2.45, 2.75) is 33.9 Å². The molecule has 6 heteroatoms. The number of nitrogens with zero attached hydrogens (tertiary/aromatic N) is 1. The molecule has 0 saturated carbocycles. The van der Waals surface area contributed by atoms with Gasteiger partial charge < -0.3 is 5.32 Å². The highest BCUT2D eigenvalue weighted by atomic mass is 32.1. The maximum absolute atomic E-state index is 12.7. The summed E-state index contributed by atoms with van der Waals surface area (Å²) in [6.07, 6.45) is -4.33. The van der Waals surface area contributed by atoms with Crippen LogP contribution in [0, 0.1) is 11.3 Å². The number of thiazole rings is 1. The third-order valence-corrected chi connectivity index (χ3v) is 4.97. The molecule has 21 heavy (non-hydrogen) atoms. The number of hydrogen-bond acceptors (Lipinski definition) is 3. The molecule has 0 amide bonds. The fourth-order valence-corrected chi connectivity index (χ4v) is 2.53. The molecule has 0 aliphatic heterocycles. The zero-order valence-corrected chi connectivity index (χ0v) is 13.3. The van der Waals surface area contributed by atoms with Crippen LogP contribution in [-0.4, -0.2) is 11.5 Å². The predicted octanol–water partition coefficient (Wildman–Crippen LogP) is 5.41. The number of anilines is 1. The Balaban J connectivity index is 2.20. The van der Waals surface area contributed by atoms with Crippen LogP contribution in [0.2, 0.25) is 0 Å². The maximum atomic E-state index is 12.7. The molecule has 1 aromatic heterocycles. The van der Waals surface area contributed by atoms with Gasteiger partial charge in [-0.05, 0) is 29.5 Å². The second kappa shape index (κ2) is 5.48. The lowest BCUT2D eigenvalue weighted by molar-refractivity contribution is -0.137. The van der Waals surface area contributed by atoms with E-state index in [1.807, 2.05) is 0 Å². The SMILES string of the molecule is CC(C)C(C)(C)CNc1nc2cc(C(F)(F)F)ccc2s1. The van der Waals surface area contributed by atoms with Crippen molar-refractivity contribution in [1.29, 1.82) is 0 Å². The second-order valence-electron chi connectivity index (χ2n) is 6.20. The first-order valence-corrected chi connectivity index (χ1v) is 7.63. The Morgan fingerprint density at radius 2 is 1.90 bits per heavy atom. The minimum Gasteiger partial charge on any atom is -0.361 e. The number of alkyl halides is 3. The Kier molecular flexibility index (Phi) is 4.19.